The van der Waals surface area contributed by atoms with E-state index in [1.807, 2.05) is 37.3 Å². The van der Waals surface area contributed by atoms with Crippen LogP contribution < -0.4 is 19.8 Å². The van der Waals surface area contributed by atoms with Crippen molar-refractivity contribution in [1.29, 1.82) is 0 Å². The molecule has 1 amide bonds. The highest BCUT2D eigenvalue weighted by Gasteiger charge is 2.37. The third kappa shape index (κ3) is 8.19. The molecule has 0 spiro atoms. The molecule has 0 saturated carbocycles. The number of benzene rings is 3. The number of pyridine rings is 1. The van der Waals surface area contributed by atoms with E-state index >= 15 is 0 Å². The molecule has 0 N–H and O–H groups in total. The summed E-state index contributed by atoms with van der Waals surface area (Å²) in [5, 5.41) is 0.325. The van der Waals surface area contributed by atoms with Gasteiger partial charge >= 0.3 is 0 Å². The Morgan fingerprint density at radius 1 is 0.820 bits per heavy atom. The Hall–Kier alpha value is -4.28. The maximum absolute atomic E-state index is 14.1. The van der Waals surface area contributed by atoms with Crippen LogP contribution in [-0.4, -0.2) is 85.4 Å². The Balaban J connectivity index is 1.19. The molecule has 0 unspecified atom stereocenters. The molecule has 3 aliphatic rings. The van der Waals surface area contributed by atoms with Crippen molar-refractivity contribution in [1.82, 2.24) is 9.47 Å². The monoisotopic (exact) mass is 687 g/mol. The Morgan fingerprint density at radius 3 is 2.22 bits per heavy atom. The standard InChI is InChI=1S/C40H49F2N4O4/c1-3-22-49-34-12-10-11-32(27-34)45-29-37(40(48)44(4-2)33-25-30(41)24-31(42)26-33)39(47)36-14-13-35(28-38(36)45)50-23-9-7-5-6-8-18-46-19-15-43(16-20-46)17-21-46/h10-14,24-29H,3-9,15-23H2,1-2H3/q+1. The number of ether oxygens (including phenoxy) is 2. The minimum Gasteiger partial charge on any atom is -0.494 e. The number of quaternary nitrogens is 1. The Morgan fingerprint density at radius 2 is 1.50 bits per heavy atom. The molecule has 2 bridgehead atoms. The zero-order valence-corrected chi connectivity index (χ0v) is 29.3. The number of nitrogens with zero attached hydrogens (tertiary/aromatic N) is 4. The van der Waals surface area contributed by atoms with Gasteiger partial charge in [-0.25, -0.2) is 8.78 Å². The van der Waals surface area contributed by atoms with Gasteiger partial charge in [-0.05, 0) is 69.0 Å². The number of unbranched alkanes of at least 4 members (excludes halogenated alkanes) is 4. The molecule has 4 aromatic rings. The highest BCUT2D eigenvalue weighted by molar-refractivity contribution is 6.07. The second-order valence-electron chi connectivity index (χ2n) is 13.6. The van der Waals surface area contributed by atoms with Gasteiger partial charge in [0.2, 0.25) is 5.43 Å². The number of hydrogen-bond donors (Lipinski definition) is 0. The summed E-state index contributed by atoms with van der Waals surface area (Å²) in [5.41, 5.74) is 0.700. The van der Waals surface area contributed by atoms with Crippen LogP contribution >= 0.6 is 0 Å². The average molecular weight is 688 g/mol. The van der Waals surface area contributed by atoms with Gasteiger partial charge in [0.05, 0.1) is 44.9 Å². The highest BCUT2D eigenvalue weighted by Crippen LogP contribution is 2.27. The number of carbonyl (C=O) groups is 1. The van der Waals surface area contributed by atoms with E-state index in [-0.39, 0.29) is 17.8 Å². The average Bonchev–Trinajstić information content (AvgIpc) is 3.12. The van der Waals surface area contributed by atoms with Crippen LogP contribution in [0.1, 0.15) is 62.7 Å². The topological polar surface area (TPSA) is 64.0 Å². The number of carbonyl (C=O) groups excluding carboxylic acids is 1. The molecule has 3 aliphatic heterocycles. The quantitative estimate of drug-likeness (QED) is 0.0922. The first kappa shape index (κ1) is 35.5. The molecule has 3 fully saturated rings. The first-order valence-electron chi connectivity index (χ1n) is 18.2. The first-order chi connectivity index (χ1) is 24.3. The largest absolute Gasteiger partial charge is 0.494 e. The number of rotatable bonds is 16. The van der Waals surface area contributed by atoms with Crippen molar-refractivity contribution < 1.29 is 27.5 Å². The van der Waals surface area contributed by atoms with Gasteiger partial charge in [0.25, 0.3) is 5.91 Å². The molecular weight excluding hydrogens is 638 g/mol. The van der Waals surface area contributed by atoms with Gasteiger partial charge in [0, 0.05) is 67.3 Å². The fraction of sp³-hybridized carbons (Fsp3) is 0.450. The van der Waals surface area contributed by atoms with Gasteiger partial charge < -0.3 is 23.4 Å². The lowest BCUT2D eigenvalue weighted by molar-refractivity contribution is -0.941. The normalized spacial score (nSPS) is 18.4. The van der Waals surface area contributed by atoms with Crippen LogP contribution in [0.5, 0.6) is 11.5 Å². The van der Waals surface area contributed by atoms with Crippen LogP contribution in [0.3, 0.4) is 0 Å². The fourth-order valence-electron chi connectivity index (χ4n) is 7.32. The molecule has 50 heavy (non-hydrogen) atoms. The zero-order chi connectivity index (χ0) is 35.1. The van der Waals surface area contributed by atoms with Crippen molar-refractivity contribution in [2.24, 2.45) is 0 Å². The maximum Gasteiger partial charge on any atom is 0.263 e. The van der Waals surface area contributed by atoms with Crippen LogP contribution in [0, 0.1) is 11.6 Å². The van der Waals surface area contributed by atoms with Crippen LogP contribution in [-0.2, 0) is 0 Å². The van der Waals surface area contributed by atoms with Gasteiger partial charge in [-0.2, -0.15) is 0 Å². The van der Waals surface area contributed by atoms with Crippen molar-refractivity contribution in [2.75, 3.05) is 70.5 Å². The maximum atomic E-state index is 14.1. The molecule has 7 rings (SSSR count). The van der Waals surface area contributed by atoms with Crippen LogP contribution in [0.25, 0.3) is 16.6 Å². The number of piperazine rings is 3. The fourth-order valence-corrected chi connectivity index (χ4v) is 7.32. The van der Waals surface area contributed by atoms with Gasteiger partial charge in [-0.15, -0.1) is 0 Å². The highest BCUT2D eigenvalue weighted by atomic mass is 19.1. The van der Waals surface area contributed by atoms with Gasteiger partial charge in [-0.3, -0.25) is 14.5 Å². The number of amides is 1. The van der Waals surface area contributed by atoms with Gasteiger partial charge in [0.1, 0.15) is 28.7 Å². The third-order valence-electron chi connectivity index (χ3n) is 10.2. The van der Waals surface area contributed by atoms with E-state index in [0.717, 1.165) is 37.5 Å². The van der Waals surface area contributed by atoms with Gasteiger partial charge in [0.15, 0.2) is 0 Å². The molecule has 266 valence electrons. The number of aromatic nitrogens is 1. The molecule has 4 heterocycles. The summed E-state index contributed by atoms with van der Waals surface area (Å²) in [6, 6.07) is 15.6. The molecular formula is C40H49F2N4O4+. The lowest BCUT2D eigenvalue weighted by atomic mass is 10.1. The number of anilines is 1. The van der Waals surface area contributed by atoms with Crippen molar-refractivity contribution in [3.63, 3.8) is 0 Å². The third-order valence-corrected chi connectivity index (χ3v) is 10.2. The molecule has 10 heteroatoms. The zero-order valence-electron chi connectivity index (χ0n) is 29.3. The SMILES string of the molecule is CCCOc1cccc(-n2cc(C(=O)N(CC)c3cc(F)cc(F)c3)c(=O)c3ccc(OCCCCCCC[N+]45CCN(CC4)CC5)cc32)c1. The Labute approximate surface area is 293 Å². The summed E-state index contributed by atoms with van der Waals surface area (Å²) in [6.45, 7) is 14.0. The summed E-state index contributed by atoms with van der Waals surface area (Å²) in [6.07, 6.45) is 8.12. The molecule has 1 aromatic heterocycles. The van der Waals surface area contributed by atoms with E-state index in [9.17, 15) is 18.4 Å². The predicted molar refractivity (Wildman–Crippen MR) is 194 cm³/mol. The van der Waals surface area contributed by atoms with E-state index in [1.54, 1.807) is 23.6 Å². The summed E-state index contributed by atoms with van der Waals surface area (Å²) < 4.78 is 43.4. The van der Waals surface area contributed by atoms with E-state index in [4.69, 9.17) is 9.47 Å². The summed E-state index contributed by atoms with van der Waals surface area (Å²) in [5.74, 6) is -0.979. The molecule has 0 aliphatic carbocycles. The lowest BCUT2D eigenvalue weighted by Gasteiger charge is -2.50. The molecule has 0 radical (unpaired) electrons. The second kappa shape index (κ2) is 16.2. The Bertz CT molecular complexity index is 1820. The number of fused-ring (bicyclic) bond motifs is 4. The van der Waals surface area contributed by atoms with Crippen LogP contribution in [0.4, 0.5) is 14.5 Å². The smallest absolute Gasteiger partial charge is 0.263 e. The molecule has 0 atom stereocenters. The minimum absolute atomic E-state index is 0.0353. The van der Waals surface area contributed by atoms with E-state index in [0.29, 0.717) is 41.3 Å². The second-order valence-corrected chi connectivity index (χ2v) is 13.6. The minimum atomic E-state index is -0.808. The summed E-state index contributed by atoms with van der Waals surface area (Å²) in [4.78, 5) is 31.6. The number of hydrogen-bond acceptors (Lipinski definition) is 5. The van der Waals surface area contributed by atoms with Gasteiger partial charge in [-0.1, -0.05) is 25.8 Å². The first-order valence-corrected chi connectivity index (χ1v) is 18.2. The van der Waals surface area contributed by atoms with Crippen molar-refractivity contribution in [3.8, 4) is 17.2 Å². The van der Waals surface area contributed by atoms with Crippen LogP contribution in [0.15, 0.2) is 71.7 Å². The van der Waals surface area contributed by atoms with E-state index in [1.165, 1.54) is 80.7 Å². The van der Waals surface area contributed by atoms with Crippen molar-refractivity contribution in [3.05, 3.63) is 94.3 Å². The van der Waals surface area contributed by atoms with E-state index in [2.05, 4.69) is 4.90 Å². The predicted octanol–water partition coefficient (Wildman–Crippen LogP) is 7.20. The molecule has 3 aromatic carbocycles. The Kier molecular flexibility index (Phi) is 11.5. The molecule has 8 nitrogen and oxygen atoms in total. The molecule has 3 saturated heterocycles. The summed E-state index contributed by atoms with van der Waals surface area (Å²) in [7, 11) is 0. The van der Waals surface area contributed by atoms with Crippen molar-refractivity contribution in [2.45, 2.75) is 52.4 Å². The van der Waals surface area contributed by atoms with Crippen molar-refractivity contribution >= 4 is 22.5 Å². The number of halogens is 2. The van der Waals surface area contributed by atoms with E-state index < -0.39 is 23.0 Å². The van der Waals surface area contributed by atoms with Crippen LogP contribution in [0.2, 0.25) is 0 Å². The lowest BCUT2D eigenvalue weighted by Crippen LogP contribution is -2.67. The summed E-state index contributed by atoms with van der Waals surface area (Å²) >= 11 is 0.